The van der Waals surface area contributed by atoms with Crippen molar-refractivity contribution in [3.8, 4) is 28.3 Å². The van der Waals surface area contributed by atoms with E-state index in [1.54, 1.807) is 0 Å². The summed E-state index contributed by atoms with van der Waals surface area (Å²) in [5.41, 5.74) is 11.6. The van der Waals surface area contributed by atoms with Crippen LogP contribution in [0.1, 0.15) is 0 Å². The first kappa shape index (κ1) is 29.0. The van der Waals surface area contributed by atoms with Crippen molar-refractivity contribution in [1.82, 2.24) is 9.55 Å². The van der Waals surface area contributed by atoms with Crippen LogP contribution in [-0.2, 0) is 0 Å². The zero-order valence-electron chi connectivity index (χ0n) is 27.6. The van der Waals surface area contributed by atoms with Gasteiger partial charge in [-0.2, -0.15) is 0 Å². The van der Waals surface area contributed by atoms with Crippen molar-refractivity contribution in [3.63, 3.8) is 0 Å². The molecule has 10 rings (SSSR count). The average molecular weight is 654 g/mol. The van der Waals surface area contributed by atoms with E-state index in [1.807, 2.05) is 18.2 Å². The Morgan fingerprint density at radius 1 is 0.431 bits per heavy atom. The highest BCUT2D eigenvalue weighted by atomic mass is 16.3. The number of anilines is 3. The summed E-state index contributed by atoms with van der Waals surface area (Å²) < 4.78 is 8.67. The molecule has 0 radical (unpaired) electrons. The second kappa shape index (κ2) is 11.9. The predicted octanol–water partition coefficient (Wildman–Crippen LogP) is 12.9. The van der Waals surface area contributed by atoms with E-state index in [0.29, 0.717) is 5.89 Å². The zero-order valence-corrected chi connectivity index (χ0v) is 27.6. The summed E-state index contributed by atoms with van der Waals surface area (Å²) in [5.74, 6) is 0.610. The molecule has 0 saturated carbocycles. The Balaban J connectivity index is 1.14. The van der Waals surface area contributed by atoms with Gasteiger partial charge in [-0.3, -0.25) is 0 Å². The Hall–Kier alpha value is -6.91. The normalized spacial score (nSPS) is 11.5. The van der Waals surface area contributed by atoms with Crippen LogP contribution in [0.25, 0.3) is 71.9 Å². The molecule has 240 valence electrons. The molecular weight excluding hydrogens is 623 g/mol. The average Bonchev–Trinajstić information content (AvgIpc) is 3.79. The van der Waals surface area contributed by atoms with Gasteiger partial charge in [0.2, 0.25) is 5.89 Å². The fourth-order valence-corrected chi connectivity index (χ4v) is 7.39. The third kappa shape index (κ3) is 4.96. The molecule has 0 atom stereocenters. The topological polar surface area (TPSA) is 34.2 Å². The molecule has 0 bridgehead atoms. The quantitative estimate of drug-likeness (QED) is 0.179. The Morgan fingerprint density at radius 2 is 1.10 bits per heavy atom. The third-order valence-electron chi connectivity index (χ3n) is 9.80. The van der Waals surface area contributed by atoms with Crippen molar-refractivity contribution in [2.75, 3.05) is 4.90 Å². The molecule has 0 fully saturated rings. The molecule has 2 aromatic heterocycles. The van der Waals surface area contributed by atoms with Gasteiger partial charge >= 0.3 is 0 Å². The van der Waals surface area contributed by atoms with E-state index >= 15 is 0 Å². The molecule has 0 aliphatic heterocycles. The Kier molecular flexibility index (Phi) is 6.78. The molecule has 8 aromatic carbocycles. The van der Waals surface area contributed by atoms with Crippen LogP contribution in [0.2, 0.25) is 0 Å². The Morgan fingerprint density at radius 3 is 1.94 bits per heavy atom. The maximum absolute atomic E-state index is 6.30. The van der Waals surface area contributed by atoms with Gasteiger partial charge in [0.05, 0.1) is 11.0 Å². The van der Waals surface area contributed by atoms with Crippen molar-refractivity contribution in [2.24, 2.45) is 0 Å². The lowest BCUT2D eigenvalue weighted by Gasteiger charge is -2.26. The van der Waals surface area contributed by atoms with E-state index in [9.17, 15) is 0 Å². The summed E-state index contributed by atoms with van der Waals surface area (Å²) in [6.07, 6.45) is 0. The van der Waals surface area contributed by atoms with Gasteiger partial charge < -0.3 is 13.9 Å². The second-order valence-electron chi connectivity index (χ2n) is 12.8. The van der Waals surface area contributed by atoms with Gasteiger partial charge in [-0.15, -0.1) is 0 Å². The highest BCUT2D eigenvalue weighted by Crippen LogP contribution is 2.41. The standard InChI is InChI=1S/C47H31N3O/c1-3-12-32(13-4-1)35-15-11-18-38(30-35)49(37-25-22-34(23-26-37)47-48-46-40-19-8-7-14-33(40)24-29-45(46)51-47)39-27-28-42-41-20-9-10-21-43(41)50(44(42)31-39)36-16-5-2-6-17-36/h1-31H. The van der Waals surface area contributed by atoms with Crippen LogP contribution in [0.15, 0.2) is 192 Å². The van der Waals surface area contributed by atoms with E-state index in [0.717, 1.165) is 61.3 Å². The minimum atomic E-state index is 0.610. The maximum Gasteiger partial charge on any atom is 0.227 e. The summed E-state index contributed by atoms with van der Waals surface area (Å²) in [6.45, 7) is 0. The smallest absolute Gasteiger partial charge is 0.227 e. The molecule has 10 aromatic rings. The van der Waals surface area contributed by atoms with Gasteiger partial charge in [0.15, 0.2) is 5.58 Å². The number of benzene rings is 8. The van der Waals surface area contributed by atoms with E-state index in [-0.39, 0.29) is 0 Å². The van der Waals surface area contributed by atoms with Crippen LogP contribution < -0.4 is 4.90 Å². The fraction of sp³-hybridized carbons (Fsp3) is 0. The number of aromatic nitrogens is 2. The molecule has 0 unspecified atom stereocenters. The Bertz CT molecular complexity index is 2850. The molecular formula is C47H31N3O. The number of oxazole rings is 1. The van der Waals surface area contributed by atoms with Gasteiger partial charge in [-0.25, -0.2) is 4.98 Å². The lowest BCUT2D eigenvalue weighted by Crippen LogP contribution is -2.10. The Labute approximate surface area is 295 Å². The number of rotatable bonds is 6. The summed E-state index contributed by atoms with van der Waals surface area (Å²) in [7, 11) is 0. The highest BCUT2D eigenvalue weighted by molar-refractivity contribution is 6.10. The molecule has 0 spiro atoms. The first-order valence-electron chi connectivity index (χ1n) is 17.2. The first-order chi connectivity index (χ1) is 25.3. The highest BCUT2D eigenvalue weighted by Gasteiger charge is 2.19. The van der Waals surface area contributed by atoms with E-state index in [4.69, 9.17) is 9.40 Å². The van der Waals surface area contributed by atoms with E-state index in [2.05, 4.69) is 179 Å². The van der Waals surface area contributed by atoms with Gasteiger partial charge in [-0.05, 0) is 89.3 Å². The molecule has 2 heterocycles. The van der Waals surface area contributed by atoms with Gasteiger partial charge in [0.25, 0.3) is 0 Å². The summed E-state index contributed by atoms with van der Waals surface area (Å²) in [4.78, 5) is 7.29. The summed E-state index contributed by atoms with van der Waals surface area (Å²) in [5, 5.41) is 4.69. The largest absolute Gasteiger partial charge is 0.436 e. The van der Waals surface area contributed by atoms with Crippen LogP contribution in [0.3, 0.4) is 0 Å². The lowest BCUT2D eigenvalue weighted by molar-refractivity contribution is 0.620. The van der Waals surface area contributed by atoms with Crippen molar-refractivity contribution in [1.29, 1.82) is 0 Å². The number of hydrogen-bond acceptors (Lipinski definition) is 3. The predicted molar refractivity (Wildman–Crippen MR) is 211 cm³/mol. The van der Waals surface area contributed by atoms with Crippen molar-refractivity contribution >= 4 is 60.7 Å². The van der Waals surface area contributed by atoms with Gasteiger partial charge in [0, 0.05) is 44.5 Å². The fourth-order valence-electron chi connectivity index (χ4n) is 7.39. The number of nitrogens with zero attached hydrogens (tertiary/aromatic N) is 3. The van der Waals surface area contributed by atoms with Gasteiger partial charge in [0.1, 0.15) is 5.52 Å². The van der Waals surface area contributed by atoms with E-state index in [1.165, 1.54) is 21.9 Å². The molecule has 4 nitrogen and oxygen atoms in total. The first-order valence-corrected chi connectivity index (χ1v) is 17.2. The lowest BCUT2D eigenvalue weighted by atomic mass is 10.0. The molecule has 51 heavy (non-hydrogen) atoms. The van der Waals surface area contributed by atoms with Crippen LogP contribution in [0.4, 0.5) is 17.1 Å². The minimum Gasteiger partial charge on any atom is -0.436 e. The van der Waals surface area contributed by atoms with Crippen molar-refractivity contribution < 1.29 is 4.42 Å². The molecule has 0 aliphatic rings. The van der Waals surface area contributed by atoms with Gasteiger partial charge in [-0.1, -0.05) is 115 Å². The van der Waals surface area contributed by atoms with Crippen molar-refractivity contribution in [2.45, 2.75) is 0 Å². The van der Waals surface area contributed by atoms with Crippen LogP contribution >= 0.6 is 0 Å². The second-order valence-corrected chi connectivity index (χ2v) is 12.8. The molecule has 4 heteroatoms. The molecule has 0 amide bonds. The number of para-hydroxylation sites is 2. The maximum atomic E-state index is 6.30. The van der Waals surface area contributed by atoms with E-state index < -0.39 is 0 Å². The molecule has 0 aliphatic carbocycles. The molecule has 0 N–H and O–H groups in total. The minimum absolute atomic E-state index is 0.610. The van der Waals surface area contributed by atoms with Crippen molar-refractivity contribution in [3.05, 3.63) is 188 Å². The monoisotopic (exact) mass is 653 g/mol. The third-order valence-corrected chi connectivity index (χ3v) is 9.80. The zero-order chi connectivity index (χ0) is 33.7. The van der Waals surface area contributed by atoms with Crippen LogP contribution in [0, 0.1) is 0 Å². The molecule has 0 saturated heterocycles. The summed E-state index contributed by atoms with van der Waals surface area (Å²) >= 11 is 0. The number of hydrogen-bond donors (Lipinski definition) is 0. The SMILES string of the molecule is c1ccc(-c2cccc(N(c3ccc(-c4nc5c(ccc6ccccc65)o4)cc3)c3ccc4c5ccccc5n(-c5ccccc5)c4c3)c2)cc1. The number of fused-ring (bicyclic) bond motifs is 6. The van der Waals surface area contributed by atoms with Crippen LogP contribution in [-0.4, -0.2) is 9.55 Å². The summed E-state index contributed by atoms with van der Waals surface area (Å²) in [6, 6.07) is 66.3. The van der Waals surface area contributed by atoms with Crippen LogP contribution in [0.5, 0.6) is 0 Å².